The quantitative estimate of drug-likeness (QED) is 0.624. The van der Waals surface area contributed by atoms with Crippen molar-refractivity contribution in [3.63, 3.8) is 0 Å². The summed E-state index contributed by atoms with van der Waals surface area (Å²) in [6.45, 7) is 2.98. The predicted octanol–water partition coefficient (Wildman–Crippen LogP) is 3.68. The fourth-order valence-electron chi connectivity index (χ4n) is 1.81. The van der Waals surface area contributed by atoms with Crippen LogP contribution in [0.1, 0.15) is 12.5 Å². The van der Waals surface area contributed by atoms with Gasteiger partial charge in [0.15, 0.2) is 11.5 Å². The number of ether oxygens (including phenoxy) is 2. The first-order chi connectivity index (χ1) is 10.1. The molecule has 0 saturated carbocycles. The molecule has 1 aromatic carbocycles. The molecule has 0 aliphatic carbocycles. The van der Waals surface area contributed by atoms with Crippen LogP contribution < -0.4 is 14.8 Å². The Morgan fingerprint density at radius 2 is 2.14 bits per heavy atom. The summed E-state index contributed by atoms with van der Waals surface area (Å²) in [5.74, 6) is 1.34. The van der Waals surface area contributed by atoms with Gasteiger partial charge in [0.05, 0.1) is 18.6 Å². The molecule has 0 bridgehead atoms. The van der Waals surface area contributed by atoms with Crippen LogP contribution in [0.25, 0.3) is 0 Å². The predicted molar refractivity (Wildman–Crippen MR) is 82.5 cm³/mol. The highest BCUT2D eigenvalue weighted by Crippen LogP contribution is 2.30. The van der Waals surface area contributed by atoms with E-state index in [0.717, 1.165) is 22.6 Å². The molecule has 0 spiro atoms. The summed E-state index contributed by atoms with van der Waals surface area (Å²) < 4.78 is 10.7. The van der Waals surface area contributed by atoms with Crippen LogP contribution in [0.2, 0.25) is 0 Å². The van der Waals surface area contributed by atoms with E-state index in [1.807, 2.05) is 25.1 Å². The molecule has 1 aromatic heterocycles. The number of hydrogen-bond donors (Lipinski definition) is 1. The maximum atomic E-state index is 10.6. The number of benzene rings is 1. The molecular formula is C14H16N2O4S. The zero-order valence-corrected chi connectivity index (χ0v) is 12.6. The fourth-order valence-corrected chi connectivity index (χ4v) is 2.54. The summed E-state index contributed by atoms with van der Waals surface area (Å²) in [4.78, 5) is 10.3. The van der Waals surface area contributed by atoms with Gasteiger partial charge in [-0.25, -0.2) is 0 Å². The van der Waals surface area contributed by atoms with Crippen LogP contribution in [0.4, 0.5) is 10.7 Å². The molecule has 0 saturated heterocycles. The topological polar surface area (TPSA) is 73.6 Å². The molecule has 1 N–H and O–H groups in total. The minimum atomic E-state index is -0.380. The first-order valence-corrected chi connectivity index (χ1v) is 7.28. The van der Waals surface area contributed by atoms with Crippen molar-refractivity contribution in [3.8, 4) is 11.5 Å². The summed E-state index contributed by atoms with van der Waals surface area (Å²) in [5.41, 5.74) is 1.74. The van der Waals surface area contributed by atoms with Crippen LogP contribution in [0.5, 0.6) is 11.5 Å². The molecule has 2 aromatic rings. The first-order valence-electron chi connectivity index (χ1n) is 6.40. The van der Waals surface area contributed by atoms with Crippen molar-refractivity contribution >= 4 is 22.0 Å². The molecule has 0 atom stereocenters. The standard InChI is InChI=1S/C14H16N2O4S/c1-3-20-13-7-11(4-5-12(13)19-2)15-8-10-6-14(16(17)18)21-9-10/h4-7,9,15H,3,8H2,1-2H3. The third-order valence-electron chi connectivity index (χ3n) is 2.78. The number of methoxy groups -OCH3 is 1. The molecule has 21 heavy (non-hydrogen) atoms. The second kappa shape index (κ2) is 6.94. The van der Waals surface area contributed by atoms with Gasteiger partial charge in [-0.15, -0.1) is 0 Å². The molecule has 7 heteroatoms. The summed E-state index contributed by atoms with van der Waals surface area (Å²) in [7, 11) is 1.59. The van der Waals surface area contributed by atoms with Crippen LogP contribution in [-0.2, 0) is 6.54 Å². The second-order valence-corrected chi connectivity index (χ2v) is 5.09. The molecular weight excluding hydrogens is 292 g/mol. The maximum Gasteiger partial charge on any atom is 0.324 e. The fraction of sp³-hybridized carbons (Fsp3) is 0.286. The number of rotatable bonds is 7. The number of thiophene rings is 1. The van der Waals surface area contributed by atoms with Gasteiger partial charge in [-0.3, -0.25) is 10.1 Å². The Bertz CT molecular complexity index is 627. The Kier molecular flexibility index (Phi) is 4.99. The van der Waals surface area contributed by atoms with Gasteiger partial charge in [-0.2, -0.15) is 0 Å². The van der Waals surface area contributed by atoms with E-state index in [9.17, 15) is 10.1 Å². The Labute approximate surface area is 126 Å². The van der Waals surface area contributed by atoms with Gasteiger partial charge in [-0.05, 0) is 24.6 Å². The minimum Gasteiger partial charge on any atom is -0.493 e. The Hall–Kier alpha value is -2.28. The Morgan fingerprint density at radius 3 is 2.76 bits per heavy atom. The third kappa shape index (κ3) is 3.85. The van der Waals surface area contributed by atoms with Gasteiger partial charge in [0.1, 0.15) is 0 Å². The average molecular weight is 308 g/mol. The smallest absolute Gasteiger partial charge is 0.324 e. The number of nitrogens with one attached hydrogen (secondary N) is 1. The van der Waals surface area contributed by atoms with Crippen LogP contribution in [-0.4, -0.2) is 18.6 Å². The molecule has 0 unspecified atom stereocenters. The molecule has 6 nitrogen and oxygen atoms in total. The number of nitro groups is 1. The lowest BCUT2D eigenvalue weighted by atomic mass is 10.2. The van der Waals surface area contributed by atoms with Crippen molar-refractivity contribution < 1.29 is 14.4 Å². The van der Waals surface area contributed by atoms with E-state index in [-0.39, 0.29) is 9.92 Å². The average Bonchev–Trinajstić information content (AvgIpc) is 2.95. The summed E-state index contributed by atoms with van der Waals surface area (Å²) in [6, 6.07) is 7.12. The summed E-state index contributed by atoms with van der Waals surface area (Å²) in [6.07, 6.45) is 0. The van der Waals surface area contributed by atoms with E-state index in [1.54, 1.807) is 18.6 Å². The van der Waals surface area contributed by atoms with Gasteiger partial charge >= 0.3 is 5.00 Å². The molecule has 0 aliphatic rings. The molecule has 0 amide bonds. The highest BCUT2D eigenvalue weighted by molar-refractivity contribution is 7.13. The SMILES string of the molecule is CCOc1cc(NCc2csc([N+](=O)[O-])c2)ccc1OC. The van der Waals surface area contributed by atoms with Crippen LogP contribution in [0, 0.1) is 10.1 Å². The van der Waals surface area contributed by atoms with E-state index in [1.165, 1.54) is 0 Å². The largest absolute Gasteiger partial charge is 0.493 e. The monoisotopic (exact) mass is 308 g/mol. The third-order valence-corrected chi connectivity index (χ3v) is 3.71. The van der Waals surface area contributed by atoms with Crippen molar-refractivity contribution in [3.05, 3.63) is 45.3 Å². The van der Waals surface area contributed by atoms with Gasteiger partial charge in [0.25, 0.3) is 0 Å². The van der Waals surface area contributed by atoms with E-state index < -0.39 is 0 Å². The van der Waals surface area contributed by atoms with E-state index in [0.29, 0.717) is 24.7 Å². The molecule has 0 fully saturated rings. The minimum absolute atomic E-state index is 0.150. The van der Waals surface area contributed by atoms with Gasteiger partial charge in [-0.1, -0.05) is 11.3 Å². The lowest BCUT2D eigenvalue weighted by Crippen LogP contribution is -2.00. The zero-order chi connectivity index (χ0) is 15.2. The van der Waals surface area contributed by atoms with Gasteiger partial charge < -0.3 is 14.8 Å². The Morgan fingerprint density at radius 1 is 1.33 bits per heavy atom. The highest BCUT2D eigenvalue weighted by atomic mass is 32.1. The van der Waals surface area contributed by atoms with E-state index >= 15 is 0 Å². The van der Waals surface area contributed by atoms with Crippen molar-refractivity contribution in [2.75, 3.05) is 19.0 Å². The van der Waals surface area contributed by atoms with Gasteiger partial charge in [0, 0.05) is 29.7 Å². The van der Waals surface area contributed by atoms with Crippen molar-refractivity contribution in [1.82, 2.24) is 0 Å². The number of nitrogens with zero attached hydrogens (tertiary/aromatic N) is 1. The Balaban J connectivity index is 2.05. The zero-order valence-electron chi connectivity index (χ0n) is 11.8. The highest BCUT2D eigenvalue weighted by Gasteiger charge is 2.10. The first kappa shape index (κ1) is 15.1. The van der Waals surface area contributed by atoms with Crippen molar-refractivity contribution in [2.24, 2.45) is 0 Å². The summed E-state index contributed by atoms with van der Waals surface area (Å²) >= 11 is 1.13. The van der Waals surface area contributed by atoms with Crippen LogP contribution in [0.15, 0.2) is 29.6 Å². The molecule has 112 valence electrons. The van der Waals surface area contributed by atoms with E-state index in [4.69, 9.17) is 9.47 Å². The van der Waals surface area contributed by atoms with Crippen LogP contribution in [0.3, 0.4) is 0 Å². The van der Waals surface area contributed by atoms with Gasteiger partial charge in [0.2, 0.25) is 0 Å². The number of anilines is 1. The lowest BCUT2D eigenvalue weighted by Gasteiger charge is -2.12. The van der Waals surface area contributed by atoms with Crippen LogP contribution >= 0.6 is 11.3 Å². The van der Waals surface area contributed by atoms with E-state index in [2.05, 4.69) is 5.32 Å². The summed E-state index contributed by atoms with van der Waals surface area (Å²) in [5, 5.41) is 15.8. The molecule has 1 heterocycles. The molecule has 0 aliphatic heterocycles. The maximum absolute atomic E-state index is 10.6. The normalized spacial score (nSPS) is 10.2. The van der Waals surface area contributed by atoms with Crippen molar-refractivity contribution in [2.45, 2.75) is 13.5 Å². The van der Waals surface area contributed by atoms with Crippen molar-refractivity contribution in [1.29, 1.82) is 0 Å². The molecule has 0 radical (unpaired) electrons. The molecule has 2 rings (SSSR count). The number of hydrogen-bond acceptors (Lipinski definition) is 6. The second-order valence-electron chi connectivity index (χ2n) is 4.20. The lowest BCUT2D eigenvalue weighted by molar-refractivity contribution is -0.380.